The van der Waals surface area contributed by atoms with Crippen LogP contribution in [-0.2, 0) is 16.1 Å². The van der Waals surface area contributed by atoms with Crippen molar-refractivity contribution in [2.75, 3.05) is 0 Å². The average Bonchev–Trinajstić information content (AvgIpc) is 2.90. The van der Waals surface area contributed by atoms with Gasteiger partial charge in [0.15, 0.2) is 11.5 Å². The molecule has 0 radical (unpaired) electrons. The summed E-state index contributed by atoms with van der Waals surface area (Å²) in [5.41, 5.74) is 0.923. The molecule has 19 heavy (non-hydrogen) atoms. The molecule has 0 spiro atoms. The minimum atomic E-state index is -1.01. The van der Waals surface area contributed by atoms with E-state index >= 15 is 0 Å². The third kappa shape index (κ3) is 2.52. The Bertz CT molecular complexity index is 555. The molecule has 0 aromatic heterocycles. The van der Waals surface area contributed by atoms with Gasteiger partial charge in [-0.15, -0.1) is 0 Å². The number of hydrogen-bond donors (Lipinski definition) is 0. The van der Waals surface area contributed by atoms with Crippen molar-refractivity contribution in [1.29, 1.82) is 0 Å². The SMILES string of the molecule is O=C(OCc1ccccc1)C1Oc2ccccc2O1. The molecule has 0 fully saturated rings. The molecule has 1 aliphatic rings. The maximum Gasteiger partial charge on any atom is 0.389 e. The standard InChI is InChI=1S/C15H12O4/c16-14(17-10-11-6-2-1-3-7-11)15-18-12-8-4-5-9-13(12)19-15/h1-9,15H,10H2. The first kappa shape index (κ1) is 11.6. The van der Waals surface area contributed by atoms with Gasteiger partial charge >= 0.3 is 12.3 Å². The van der Waals surface area contributed by atoms with Crippen molar-refractivity contribution in [3.05, 3.63) is 60.2 Å². The van der Waals surface area contributed by atoms with Gasteiger partial charge in [0.25, 0.3) is 0 Å². The van der Waals surface area contributed by atoms with Crippen LogP contribution < -0.4 is 9.47 Å². The first-order valence-electron chi connectivity index (χ1n) is 5.96. The molecule has 0 atom stereocenters. The minimum Gasteiger partial charge on any atom is -0.455 e. The van der Waals surface area contributed by atoms with Crippen molar-refractivity contribution in [1.82, 2.24) is 0 Å². The zero-order chi connectivity index (χ0) is 13.1. The van der Waals surface area contributed by atoms with Crippen molar-refractivity contribution in [3.8, 4) is 11.5 Å². The number of ether oxygens (including phenoxy) is 3. The first-order chi connectivity index (χ1) is 9.33. The summed E-state index contributed by atoms with van der Waals surface area (Å²) in [6, 6.07) is 16.6. The number of para-hydroxylation sites is 2. The zero-order valence-corrected chi connectivity index (χ0v) is 10.1. The molecule has 0 N–H and O–H groups in total. The van der Waals surface area contributed by atoms with E-state index in [2.05, 4.69) is 0 Å². The van der Waals surface area contributed by atoms with Gasteiger partial charge in [0.05, 0.1) is 0 Å². The van der Waals surface area contributed by atoms with Crippen LogP contribution in [0.3, 0.4) is 0 Å². The lowest BCUT2D eigenvalue weighted by atomic mass is 10.2. The fraction of sp³-hybridized carbons (Fsp3) is 0.133. The highest BCUT2D eigenvalue weighted by Gasteiger charge is 2.31. The minimum absolute atomic E-state index is 0.208. The maximum atomic E-state index is 11.8. The molecule has 1 heterocycles. The van der Waals surface area contributed by atoms with E-state index in [4.69, 9.17) is 14.2 Å². The largest absolute Gasteiger partial charge is 0.455 e. The highest BCUT2D eigenvalue weighted by molar-refractivity contribution is 5.75. The predicted molar refractivity (Wildman–Crippen MR) is 67.7 cm³/mol. The van der Waals surface area contributed by atoms with Crippen molar-refractivity contribution < 1.29 is 19.0 Å². The van der Waals surface area contributed by atoms with Gasteiger partial charge < -0.3 is 14.2 Å². The summed E-state index contributed by atoms with van der Waals surface area (Å²) in [5.74, 6) is 0.591. The van der Waals surface area contributed by atoms with E-state index in [1.165, 1.54) is 0 Å². The van der Waals surface area contributed by atoms with Gasteiger partial charge in [-0.25, -0.2) is 4.79 Å². The van der Waals surface area contributed by atoms with E-state index in [-0.39, 0.29) is 6.61 Å². The Hall–Kier alpha value is -2.49. The van der Waals surface area contributed by atoms with Crippen LogP contribution in [0.1, 0.15) is 5.56 Å². The second-order valence-corrected chi connectivity index (χ2v) is 4.11. The molecule has 3 rings (SSSR count). The molecule has 0 aliphatic carbocycles. The Morgan fingerprint density at radius 2 is 1.53 bits per heavy atom. The predicted octanol–water partition coefficient (Wildman–Crippen LogP) is 2.53. The second-order valence-electron chi connectivity index (χ2n) is 4.11. The van der Waals surface area contributed by atoms with Gasteiger partial charge in [-0.05, 0) is 17.7 Å². The molecule has 0 bridgehead atoms. The first-order valence-corrected chi connectivity index (χ1v) is 5.96. The lowest BCUT2D eigenvalue weighted by molar-refractivity contribution is -0.163. The van der Waals surface area contributed by atoms with Crippen molar-refractivity contribution in [2.45, 2.75) is 12.9 Å². The Kier molecular flexibility index (Phi) is 3.06. The number of carbonyl (C=O) groups is 1. The van der Waals surface area contributed by atoms with Crippen molar-refractivity contribution in [2.24, 2.45) is 0 Å². The molecule has 4 nitrogen and oxygen atoms in total. The smallest absolute Gasteiger partial charge is 0.389 e. The molecule has 96 valence electrons. The van der Waals surface area contributed by atoms with E-state index in [9.17, 15) is 4.79 Å². The third-order valence-corrected chi connectivity index (χ3v) is 2.73. The van der Waals surface area contributed by atoms with Crippen molar-refractivity contribution in [3.63, 3.8) is 0 Å². The summed E-state index contributed by atoms with van der Waals surface area (Å²) in [6.07, 6.45) is -1.01. The summed E-state index contributed by atoms with van der Waals surface area (Å²) in [4.78, 5) is 11.8. The fourth-order valence-corrected chi connectivity index (χ4v) is 1.79. The summed E-state index contributed by atoms with van der Waals surface area (Å²) in [7, 11) is 0. The Morgan fingerprint density at radius 3 is 2.16 bits per heavy atom. The number of esters is 1. The lowest BCUT2D eigenvalue weighted by Gasteiger charge is -2.09. The number of fused-ring (bicyclic) bond motifs is 1. The third-order valence-electron chi connectivity index (χ3n) is 2.73. The monoisotopic (exact) mass is 256 g/mol. The summed E-state index contributed by atoms with van der Waals surface area (Å²) in [5, 5.41) is 0. The topological polar surface area (TPSA) is 44.8 Å². The molecular weight excluding hydrogens is 244 g/mol. The molecule has 4 heteroatoms. The Balaban J connectivity index is 1.58. The van der Waals surface area contributed by atoms with Crippen molar-refractivity contribution >= 4 is 5.97 Å². The molecule has 0 amide bonds. The summed E-state index contributed by atoms with van der Waals surface area (Å²) in [6.45, 7) is 0.208. The fourth-order valence-electron chi connectivity index (χ4n) is 1.79. The quantitative estimate of drug-likeness (QED) is 0.791. The molecular formula is C15H12O4. The highest BCUT2D eigenvalue weighted by Crippen LogP contribution is 2.34. The number of benzene rings is 2. The van der Waals surface area contributed by atoms with Crippen LogP contribution in [0.2, 0.25) is 0 Å². The van der Waals surface area contributed by atoms with Crippen LogP contribution in [0.25, 0.3) is 0 Å². The number of rotatable bonds is 3. The summed E-state index contributed by atoms with van der Waals surface area (Å²) < 4.78 is 15.9. The van der Waals surface area contributed by atoms with Gasteiger partial charge in [-0.2, -0.15) is 0 Å². The number of carbonyl (C=O) groups excluding carboxylic acids is 1. The van der Waals surface area contributed by atoms with Gasteiger partial charge in [0, 0.05) is 0 Å². The van der Waals surface area contributed by atoms with Crippen LogP contribution in [0, 0.1) is 0 Å². The van der Waals surface area contributed by atoms with Gasteiger partial charge in [-0.3, -0.25) is 0 Å². The number of hydrogen-bond acceptors (Lipinski definition) is 4. The molecule has 2 aromatic carbocycles. The molecule has 2 aromatic rings. The Labute approximate surface area is 110 Å². The van der Waals surface area contributed by atoms with Crippen LogP contribution in [0.15, 0.2) is 54.6 Å². The molecule has 0 saturated carbocycles. The van der Waals surface area contributed by atoms with Gasteiger partial charge in [-0.1, -0.05) is 42.5 Å². The normalized spacial score (nSPS) is 13.3. The zero-order valence-electron chi connectivity index (χ0n) is 10.1. The average molecular weight is 256 g/mol. The van der Waals surface area contributed by atoms with Gasteiger partial charge in [0.2, 0.25) is 0 Å². The molecule has 0 saturated heterocycles. The van der Waals surface area contributed by atoms with Crippen LogP contribution in [0.5, 0.6) is 11.5 Å². The highest BCUT2D eigenvalue weighted by atomic mass is 16.7. The van der Waals surface area contributed by atoms with Crippen LogP contribution in [-0.4, -0.2) is 12.3 Å². The molecule has 0 unspecified atom stereocenters. The maximum absolute atomic E-state index is 11.8. The lowest BCUT2D eigenvalue weighted by Crippen LogP contribution is -2.30. The molecule has 1 aliphatic heterocycles. The van der Waals surface area contributed by atoms with Crippen LogP contribution in [0.4, 0.5) is 0 Å². The van der Waals surface area contributed by atoms with E-state index in [0.717, 1.165) is 5.56 Å². The van der Waals surface area contributed by atoms with E-state index < -0.39 is 12.3 Å². The van der Waals surface area contributed by atoms with Crippen LogP contribution >= 0.6 is 0 Å². The summed E-state index contributed by atoms with van der Waals surface area (Å²) >= 11 is 0. The second kappa shape index (κ2) is 5.02. The van der Waals surface area contributed by atoms with E-state index in [1.54, 1.807) is 12.1 Å². The van der Waals surface area contributed by atoms with Gasteiger partial charge in [0.1, 0.15) is 6.61 Å². The van der Waals surface area contributed by atoms with E-state index in [0.29, 0.717) is 11.5 Å². The van der Waals surface area contributed by atoms with E-state index in [1.807, 2.05) is 42.5 Å². The Morgan fingerprint density at radius 1 is 0.947 bits per heavy atom.